The smallest absolute Gasteiger partial charge is 0.303 e. The lowest BCUT2D eigenvalue weighted by molar-refractivity contribution is -0.153. The lowest BCUT2D eigenvalue weighted by Crippen LogP contribution is -2.40. The summed E-state index contributed by atoms with van der Waals surface area (Å²) >= 11 is 0. The molecule has 200 valence electrons. The molecule has 1 saturated carbocycles. The summed E-state index contributed by atoms with van der Waals surface area (Å²) in [5, 5.41) is 0. The Morgan fingerprint density at radius 1 is 0.775 bits per heavy atom. The van der Waals surface area contributed by atoms with Crippen LogP contribution < -0.4 is 0 Å². The molecule has 4 aromatic rings. The lowest BCUT2D eigenvalue weighted by Gasteiger charge is -2.39. The normalized spacial score (nSPS) is 20.8. The number of allylic oxidation sites excluding steroid dienone is 1. The van der Waals surface area contributed by atoms with E-state index in [0.717, 1.165) is 16.7 Å². The van der Waals surface area contributed by atoms with Crippen LogP contribution in [0.3, 0.4) is 0 Å². The molecule has 0 N–H and O–H groups in total. The molecule has 4 nitrogen and oxygen atoms in total. The summed E-state index contributed by atoms with van der Waals surface area (Å²) < 4.78 is 6.00. The minimum atomic E-state index is -1.35. The van der Waals surface area contributed by atoms with Crippen LogP contribution in [0.5, 0.6) is 0 Å². The molecule has 0 aromatic heterocycles. The summed E-state index contributed by atoms with van der Waals surface area (Å²) in [5.41, 5.74) is 1.10. The first kappa shape index (κ1) is 27.0. The Labute approximate surface area is 235 Å². The summed E-state index contributed by atoms with van der Waals surface area (Å²) in [6, 6.07) is 38.5. The number of Topliss-reactive ketones (excluding diaryl/α,β-unsaturated/α-hetero) is 1. The number of esters is 1. The topological polar surface area (TPSA) is 60.4 Å². The van der Waals surface area contributed by atoms with Crippen molar-refractivity contribution in [3.8, 4) is 0 Å². The number of benzene rings is 4. The molecule has 40 heavy (non-hydrogen) atoms. The first-order valence-corrected chi connectivity index (χ1v) is 13.5. The van der Waals surface area contributed by atoms with Gasteiger partial charge < -0.3 is 4.74 Å². The highest BCUT2D eigenvalue weighted by atomic mass is 16.5. The van der Waals surface area contributed by atoms with Gasteiger partial charge in [0.15, 0.2) is 11.6 Å². The van der Waals surface area contributed by atoms with Gasteiger partial charge in [-0.1, -0.05) is 127 Å². The zero-order valence-electron chi connectivity index (χ0n) is 22.7. The third-order valence-electron chi connectivity index (χ3n) is 8.06. The molecule has 4 aromatic carbocycles. The van der Waals surface area contributed by atoms with Crippen molar-refractivity contribution in [2.24, 2.45) is 11.3 Å². The van der Waals surface area contributed by atoms with E-state index < -0.39 is 28.8 Å². The van der Waals surface area contributed by atoms with Gasteiger partial charge in [-0.3, -0.25) is 14.4 Å². The predicted octanol–water partition coefficient (Wildman–Crippen LogP) is 7.15. The summed E-state index contributed by atoms with van der Waals surface area (Å²) in [6.45, 7) is 3.10. The van der Waals surface area contributed by atoms with E-state index in [-0.39, 0.29) is 18.0 Å². The molecular weight excluding hydrogens is 496 g/mol. The molecular formula is C36H32O4. The Morgan fingerprint density at radius 3 is 1.75 bits per heavy atom. The van der Waals surface area contributed by atoms with Gasteiger partial charge in [-0.25, -0.2) is 0 Å². The van der Waals surface area contributed by atoms with Crippen molar-refractivity contribution in [2.45, 2.75) is 31.8 Å². The molecule has 0 spiro atoms. The van der Waals surface area contributed by atoms with Crippen molar-refractivity contribution < 1.29 is 19.1 Å². The molecule has 0 amide bonds. The van der Waals surface area contributed by atoms with Crippen molar-refractivity contribution in [2.75, 3.05) is 0 Å². The van der Waals surface area contributed by atoms with Crippen LogP contribution in [0.25, 0.3) is 6.08 Å². The Kier molecular flexibility index (Phi) is 7.61. The van der Waals surface area contributed by atoms with Gasteiger partial charge in [-0.2, -0.15) is 0 Å². The Morgan fingerprint density at radius 2 is 1.25 bits per heavy atom. The highest BCUT2D eigenvalue weighted by Gasteiger charge is 2.65. The van der Waals surface area contributed by atoms with Gasteiger partial charge in [0.1, 0.15) is 6.10 Å². The first-order chi connectivity index (χ1) is 19.4. The van der Waals surface area contributed by atoms with Gasteiger partial charge in [-0.05, 0) is 41.7 Å². The maximum absolute atomic E-state index is 14.8. The molecule has 0 radical (unpaired) electrons. The van der Waals surface area contributed by atoms with E-state index in [1.807, 2.05) is 121 Å². The molecule has 4 heteroatoms. The number of ether oxygens (including phenoxy) is 1. The molecule has 1 fully saturated rings. The first-order valence-electron chi connectivity index (χ1n) is 13.5. The molecule has 0 saturated heterocycles. The molecule has 5 rings (SSSR count). The van der Waals surface area contributed by atoms with E-state index in [4.69, 9.17) is 4.74 Å². The Hall–Kier alpha value is -4.57. The minimum absolute atomic E-state index is 0.236. The van der Waals surface area contributed by atoms with Crippen molar-refractivity contribution in [1.29, 1.82) is 0 Å². The van der Waals surface area contributed by atoms with Crippen LogP contribution in [-0.2, 0) is 24.5 Å². The second-order valence-electron chi connectivity index (χ2n) is 10.6. The fourth-order valence-corrected chi connectivity index (χ4v) is 6.20. The van der Waals surface area contributed by atoms with Gasteiger partial charge >= 0.3 is 5.97 Å². The molecule has 0 heterocycles. The Bertz CT molecular complexity index is 1470. The van der Waals surface area contributed by atoms with E-state index >= 15 is 0 Å². The standard InChI is InChI=1S/C36H32O4/c1-26(37)40-33(28-17-9-4-10-18-28)32-34(39)35(2,31(38)24-23-27-15-7-3-8-16-27)25-36(32,29-19-11-5-12-20-29)30-21-13-6-14-22-30/h3-24,32-33H,25H2,1-2H3/b24-23+. The largest absolute Gasteiger partial charge is 0.457 e. The summed E-state index contributed by atoms with van der Waals surface area (Å²) in [5.74, 6) is -1.84. The Balaban J connectivity index is 1.74. The third kappa shape index (κ3) is 4.93. The number of carbonyl (C=O) groups excluding carboxylic acids is 3. The maximum atomic E-state index is 14.8. The van der Waals surface area contributed by atoms with E-state index in [1.54, 1.807) is 13.0 Å². The van der Waals surface area contributed by atoms with Gasteiger partial charge in [0, 0.05) is 12.3 Å². The average molecular weight is 529 g/mol. The van der Waals surface area contributed by atoms with E-state index in [2.05, 4.69) is 0 Å². The molecule has 3 atom stereocenters. The van der Waals surface area contributed by atoms with Crippen molar-refractivity contribution in [3.63, 3.8) is 0 Å². The van der Waals surface area contributed by atoms with E-state index in [0.29, 0.717) is 5.56 Å². The van der Waals surface area contributed by atoms with Crippen LogP contribution in [0.4, 0.5) is 0 Å². The molecule has 1 aliphatic carbocycles. The van der Waals surface area contributed by atoms with Crippen LogP contribution in [0.2, 0.25) is 0 Å². The second kappa shape index (κ2) is 11.3. The van der Waals surface area contributed by atoms with Gasteiger partial charge in [0.05, 0.1) is 11.3 Å². The van der Waals surface area contributed by atoms with Gasteiger partial charge in [0.2, 0.25) is 0 Å². The van der Waals surface area contributed by atoms with Crippen LogP contribution >= 0.6 is 0 Å². The monoisotopic (exact) mass is 528 g/mol. The van der Waals surface area contributed by atoms with Crippen LogP contribution in [0.1, 0.15) is 48.6 Å². The lowest BCUT2D eigenvalue weighted by atomic mass is 9.64. The minimum Gasteiger partial charge on any atom is -0.457 e. The van der Waals surface area contributed by atoms with Gasteiger partial charge in [-0.15, -0.1) is 0 Å². The zero-order valence-corrected chi connectivity index (χ0v) is 22.7. The molecule has 3 unspecified atom stereocenters. The van der Waals surface area contributed by atoms with E-state index in [9.17, 15) is 14.4 Å². The number of hydrogen-bond donors (Lipinski definition) is 0. The summed E-state index contributed by atoms with van der Waals surface area (Å²) in [7, 11) is 0. The number of rotatable bonds is 8. The van der Waals surface area contributed by atoms with Crippen molar-refractivity contribution >= 4 is 23.6 Å². The fourth-order valence-electron chi connectivity index (χ4n) is 6.20. The van der Waals surface area contributed by atoms with E-state index in [1.165, 1.54) is 13.0 Å². The van der Waals surface area contributed by atoms with Crippen LogP contribution in [0.15, 0.2) is 127 Å². The number of ketones is 2. The molecule has 1 aliphatic rings. The van der Waals surface area contributed by atoms with Crippen molar-refractivity contribution in [1.82, 2.24) is 0 Å². The van der Waals surface area contributed by atoms with Crippen LogP contribution in [0, 0.1) is 11.3 Å². The highest BCUT2D eigenvalue weighted by molar-refractivity contribution is 6.15. The molecule has 0 bridgehead atoms. The van der Waals surface area contributed by atoms with Gasteiger partial charge in [0.25, 0.3) is 0 Å². The summed E-state index contributed by atoms with van der Waals surface area (Å²) in [4.78, 5) is 41.3. The predicted molar refractivity (Wildman–Crippen MR) is 156 cm³/mol. The molecule has 0 aliphatic heterocycles. The maximum Gasteiger partial charge on any atom is 0.303 e. The SMILES string of the molecule is CC(=O)OC(c1ccccc1)C1C(=O)C(C)(C(=O)/C=C/c2ccccc2)CC1(c1ccccc1)c1ccccc1. The zero-order chi connectivity index (χ0) is 28.2. The number of hydrogen-bond acceptors (Lipinski definition) is 4. The third-order valence-corrected chi connectivity index (χ3v) is 8.06. The van der Waals surface area contributed by atoms with Crippen molar-refractivity contribution in [3.05, 3.63) is 150 Å². The van der Waals surface area contributed by atoms with Crippen LogP contribution in [-0.4, -0.2) is 17.5 Å². The summed E-state index contributed by atoms with van der Waals surface area (Å²) in [6.07, 6.45) is 2.61. The fraction of sp³-hybridized carbons (Fsp3) is 0.194. The number of carbonyl (C=O) groups is 3. The quantitative estimate of drug-likeness (QED) is 0.138. The highest BCUT2D eigenvalue weighted by Crippen LogP contribution is 2.60. The second-order valence-corrected chi connectivity index (χ2v) is 10.6. The average Bonchev–Trinajstić information content (AvgIpc) is 3.24.